The van der Waals surface area contributed by atoms with Crippen molar-refractivity contribution in [2.45, 2.75) is 21.8 Å². The first kappa shape index (κ1) is 29.6. The molecule has 0 bridgehead atoms. The van der Waals surface area contributed by atoms with Gasteiger partial charge in [0.2, 0.25) is 0 Å². The third-order valence-electron chi connectivity index (χ3n) is 0.468. The van der Waals surface area contributed by atoms with Crippen LogP contribution in [0.4, 0.5) is 0 Å². The zero-order valence-electron chi connectivity index (χ0n) is 6.41. The van der Waals surface area contributed by atoms with E-state index < -0.39 is 0 Å². The van der Waals surface area contributed by atoms with Crippen LogP contribution >= 0.6 is 0 Å². The van der Waals surface area contributed by atoms with E-state index in [1.165, 1.54) is 0 Å². The Morgan fingerprint density at radius 2 is 1.58 bits per heavy atom. The number of rotatable bonds is 3. The minimum atomic E-state index is 0. The average Bonchev–Trinajstić information content (AvgIpc) is 1.81. The number of nitrogens with zero attached hydrogens (tertiary/aromatic N) is 4. The summed E-state index contributed by atoms with van der Waals surface area (Å²) in [6.07, 6.45) is 0. The third kappa shape index (κ3) is 32.1. The Bertz CT molecular complexity index is 93.4. The molecular formula is C7H20N4U. The van der Waals surface area contributed by atoms with Gasteiger partial charge in [0, 0.05) is 0 Å². The van der Waals surface area contributed by atoms with Gasteiger partial charge in [-0.2, -0.15) is 15.3 Å². The van der Waals surface area contributed by atoms with Crippen molar-refractivity contribution in [2.75, 3.05) is 13.2 Å². The molecule has 72 valence electrons. The molecule has 0 aliphatic rings. The van der Waals surface area contributed by atoms with E-state index in [2.05, 4.69) is 27.5 Å². The van der Waals surface area contributed by atoms with Gasteiger partial charge < -0.3 is 12.5 Å². The molecule has 0 unspecified atom stereocenters. The maximum Gasteiger partial charge on any atom is 2.00 e. The Morgan fingerprint density at radius 3 is 1.92 bits per heavy atom. The molecule has 0 atom stereocenters. The van der Waals surface area contributed by atoms with Crippen LogP contribution in [0.25, 0.3) is 0 Å². The van der Waals surface area contributed by atoms with Gasteiger partial charge in [0.1, 0.15) is 0 Å². The standard InChI is InChI=1S/C4H9N4.2CH4.CH3.U/c1-3-6-8-4-7-5-2;;;;/h2-4H2,1H3;2*1H4;1H3;/q-1;;;-1;+2. The predicted molar refractivity (Wildman–Crippen MR) is 50.4 cm³/mol. The van der Waals surface area contributed by atoms with Crippen LogP contribution in [-0.2, 0) is 0 Å². The fraction of sp³-hybridized carbons (Fsp3) is 0.714. The van der Waals surface area contributed by atoms with E-state index >= 15 is 0 Å². The molecule has 0 spiro atoms. The summed E-state index contributed by atoms with van der Waals surface area (Å²) >= 11 is 0. The minimum absolute atomic E-state index is 0. The van der Waals surface area contributed by atoms with Gasteiger partial charge in [-0.05, 0) is 6.92 Å². The first-order chi connectivity index (χ1) is 3.91. The molecule has 4 nitrogen and oxygen atoms in total. The van der Waals surface area contributed by atoms with Gasteiger partial charge in [0.15, 0.2) is 6.67 Å². The molecule has 0 aliphatic heterocycles. The van der Waals surface area contributed by atoms with Crippen molar-refractivity contribution in [3.05, 3.63) is 14.5 Å². The van der Waals surface area contributed by atoms with Gasteiger partial charge in [-0.3, -0.25) is 7.05 Å². The second-order valence-corrected chi connectivity index (χ2v) is 1.02. The first-order valence-corrected chi connectivity index (χ1v) is 2.37. The largest absolute Gasteiger partial charge is 2.00 e. The predicted octanol–water partition coefficient (Wildman–Crippen LogP) is 3.38. The fourth-order valence-electron chi connectivity index (χ4n) is 0.218. The molecule has 0 N–H and O–H groups in total. The van der Waals surface area contributed by atoms with Crippen LogP contribution in [-0.4, -0.2) is 13.2 Å². The first-order valence-electron chi connectivity index (χ1n) is 2.37. The van der Waals surface area contributed by atoms with Crippen LogP contribution in [0.5, 0.6) is 0 Å². The number of azo groups is 2. The molecule has 0 aliphatic carbocycles. The zero-order chi connectivity index (χ0) is 6.24. The topological polar surface area (TPSA) is 49.4 Å². The SMILES string of the molecule is C.C.[CH2-]N=NCN=NCC.[CH3-].[U+2]. The molecule has 0 rings (SSSR count). The maximum atomic E-state index is 3.65. The van der Waals surface area contributed by atoms with Crippen molar-refractivity contribution in [1.82, 2.24) is 0 Å². The molecular weight excluding hydrogens is 378 g/mol. The molecule has 0 saturated heterocycles. The van der Waals surface area contributed by atoms with Crippen molar-refractivity contribution in [3.8, 4) is 0 Å². The Morgan fingerprint density at radius 1 is 1.08 bits per heavy atom. The third-order valence-corrected chi connectivity index (χ3v) is 0.468. The number of hydrogen-bond acceptors (Lipinski definition) is 4. The molecule has 0 saturated carbocycles. The summed E-state index contributed by atoms with van der Waals surface area (Å²) in [5.74, 6) is 0. The smallest absolute Gasteiger partial charge is 0.358 e. The second kappa shape index (κ2) is 30.4. The van der Waals surface area contributed by atoms with E-state index in [4.69, 9.17) is 0 Å². The molecule has 0 aromatic rings. The van der Waals surface area contributed by atoms with E-state index in [1.807, 2.05) is 6.92 Å². The van der Waals surface area contributed by atoms with Crippen molar-refractivity contribution in [2.24, 2.45) is 20.5 Å². The van der Waals surface area contributed by atoms with Crippen LogP contribution in [0, 0.1) is 45.6 Å². The monoisotopic (exact) mass is 398 g/mol. The molecule has 0 radical (unpaired) electrons. The van der Waals surface area contributed by atoms with E-state index in [0.29, 0.717) is 13.2 Å². The van der Waals surface area contributed by atoms with Crippen molar-refractivity contribution in [1.29, 1.82) is 0 Å². The summed E-state index contributed by atoms with van der Waals surface area (Å²) in [7, 11) is 3.14. The summed E-state index contributed by atoms with van der Waals surface area (Å²) in [5.41, 5.74) is 0. The Labute approximate surface area is 101 Å². The molecule has 0 heterocycles. The van der Waals surface area contributed by atoms with E-state index in [9.17, 15) is 0 Å². The Hall–Kier alpha value is 0.122. The van der Waals surface area contributed by atoms with Crippen LogP contribution < -0.4 is 0 Å². The van der Waals surface area contributed by atoms with Crippen LogP contribution in [0.1, 0.15) is 21.8 Å². The number of hydrogen-bond donors (Lipinski definition) is 0. The molecule has 12 heavy (non-hydrogen) atoms. The molecule has 0 aromatic carbocycles. The van der Waals surface area contributed by atoms with E-state index in [-0.39, 0.29) is 53.4 Å². The zero-order valence-corrected chi connectivity index (χ0v) is 10.6. The summed E-state index contributed by atoms with van der Waals surface area (Å²) < 4.78 is 0. The van der Waals surface area contributed by atoms with Crippen LogP contribution in [0.15, 0.2) is 20.5 Å². The molecule has 5 heteroatoms. The van der Waals surface area contributed by atoms with Crippen molar-refractivity contribution >= 4 is 0 Å². The molecule has 0 amide bonds. The van der Waals surface area contributed by atoms with Crippen molar-refractivity contribution in [3.63, 3.8) is 0 Å². The summed E-state index contributed by atoms with van der Waals surface area (Å²) in [5, 5.41) is 13.9. The molecule has 0 fully saturated rings. The van der Waals surface area contributed by atoms with Gasteiger partial charge in [-0.25, -0.2) is 0 Å². The van der Waals surface area contributed by atoms with Gasteiger partial charge in [0.25, 0.3) is 0 Å². The average molecular weight is 398 g/mol. The van der Waals surface area contributed by atoms with Gasteiger partial charge >= 0.3 is 31.1 Å². The summed E-state index contributed by atoms with van der Waals surface area (Å²) in [4.78, 5) is 0. The quantitative estimate of drug-likeness (QED) is 0.517. The van der Waals surface area contributed by atoms with Crippen LogP contribution in [0.2, 0.25) is 0 Å². The van der Waals surface area contributed by atoms with E-state index in [1.54, 1.807) is 0 Å². The normalized spacial score (nSPS) is 7.75. The van der Waals surface area contributed by atoms with Gasteiger partial charge in [-0.1, -0.05) is 14.9 Å². The van der Waals surface area contributed by atoms with Crippen LogP contribution in [0.3, 0.4) is 0 Å². The molecule has 0 aromatic heterocycles. The van der Waals surface area contributed by atoms with Gasteiger partial charge in [-0.15, -0.1) is 0 Å². The summed E-state index contributed by atoms with van der Waals surface area (Å²) in [6.45, 7) is 2.91. The maximum absolute atomic E-state index is 3.65. The minimum Gasteiger partial charge on any atom is -0.358 e. The Balaban J connectivity index is -0.0000000408. The van der Waals surface area contributed by atoms with E-state index in [0.717, 1.165) is 0 Å². The second-order valence-electron chi connectivity index (χ2n) is 1.02. The van der Waals surface area contributed by atoms with Crippen molar-refractivity contribution < 1.29 is 31.1 Å². The van der Waals surface area contributed by atoms with Gasteiger partial charge in [0.05, 0.1) is 6.54 Å². The Kier molecular flexibility index (Phi) is 74.9. The fourth-order valence-corrected chi connectivity index (χ4v) is 0.218. The summed E-state index contributed by atoms with van der Waals surface area (Å²) in [6, 6.07) is 0.